The first-order valence-electron chi connectivity index (χ1n) is 6.13. The number of carbonyl (C=O) groups excluding carboxylic acids is 1. The summed E-state index contributed by atoms with van der Waals surface area (Å²) in [5.41, 5.74) is 0. The number of carbonyl (C=O) groups is 1. The van der Waals surface area contributed by atoms with Gasteiger partial charge in [-0.05, 0) is 20.8 Å². The summed E-state index contributed by atoms with van der Waals surface area (Å²) in [6.45, 7) is 5.43. The topological polar surface area (TPSA) is 65.1 Å². The van der Waals surface area contributed by atoms with Gasteiger partial charge in [-0.1, -0.05) is 28.1 Å². The van der Waals surface area contributed by atoms with Crippen LogP contribution in [0.2, 0.25) is 0 Å². The van der Waals surface area contributed by atoms with E-state index in [4.69, 9.17) is 25.8 Å². The Morgan fingerprint density at radius 3 is 2.38 bits per heavy atom. The zero-order chi connectivity index (χ0) is 16.2. The van der Waals surface area contributed by atoms with Gasteiger partial charge in [-0.3, -0.25) is 4.21 Å². The molecular formula is C11H17BrNO5PS2. The summed E-state index contributed by atoms with van der Waals surface area (Å²) in [7, 11) is -0.218. The maximum absolute atomic E-state index is 12.7. The van der Waals surface area contributed by atoms with Crippen LogP contribution in [0.4, 0.5) is 0 Å². The summed E-state index contributed by atoms with van der Waals surface area (Å²) < 4.78 is 26.5. The molecule has 0 aromatic rings. The number of thiocarbonyl (C=S) groups is 1. The lowest BCUT2D eigenvalue weighted by atomic mass is 9.93. The number of nitrogens with zero attached hydrogens (tertiary/aromatic N) is 1. The quantitative estimate of drug-likeness (QED) is 0.394. The Labute approximate surface area is 141 Å². The molecule has 2 aliphatic heterocycles. The van der Waals surface area contributed by atoms with Crippen LogP contribution in [-0.4, -0.2) is 54.8 Å². The molecule has 0 amide bonds. The van der Waals surface area contributed by atoms with Crippen LogP contribution in [0.1, 0.15) is 20.8 Å². The van der Waals surface area contributed by atoms with E-state index in [1.54, 1.807) is 18.7 Å². The van der Waals surface area contributed by atoms with Crippen LogP contribution in [0.5, 0.6) is 0 Å². The highest BCUT2D eigenvalue weighted by atomic mass is 79.9. The molecule has 2 rings (SSSR count). The van der Waals surface area contributed by atoms with Gasteiger partial charge < -0.3 is 18.5 Å². The molecular weight excluding hydrogens is 401 g/mol. The van der Waals surface area contributed by atoms with Crippen LogP contribution in [0.25, 0.3) is 0 Å². The van der Waals surface area contributed by atoms with Gasteiger partial charge >= 0.3 is 14.6 Å². The van der Waals surface area contributed by atoms with Crippen LogP contribution in [0.15, 0.2) is 0 Å². The first kappa shape index (κ1) is 17.7. The molecule has 6 nitrogen and oxygen atoms in total. The molecule has 0 N–H and O–H groups in total. The summed E-state index contributed by atoms with van der Waals surface area (Å²) in [5.74, 6) is -0.531. The second kappa shape index (κ2) is 5.76. The van der Waals surface area contributed by atoms with Crippen molar-refractivity contribution in [2.24, 2.45) is 0 Å². The number of halogens is 1. The highest BCUT2D eigenvalue weighted by Gasteiger charge is 2.70. The van der Waals surface area contributed by atoms with Gasteiger partial charge in [0.1, 0.15) is 15.7 Å². The second-order valence-corrected chi connectivity index (χ2v) is 10.9. The predicted molar refractivity (Wildman–Crippen MR) is 88.6 cm³/mol. The molecule has 0 aliphatic carbocycles. The van der Waals surface area contributed by atoms with E-state index in [9.17, 15) is 9.00 Å². The van der Waals surface area contributed by atoms with Gasteiger partial charge in [-0.15, -0.1) is 0 Å². The van der Waals surface area contributed by atoms with Crippen LogP contribution in [0.3, 0.4) is 0 Å². The molecule has 0 bridgehead atoms. The molecule has 2 heterocycles. The Kier molecular flexibility index (Phi) is 4.85. The monoisotopic (exact) mass is 417 g/mol. The summed E-state index contributed by atoms with van der Waals surface area (Å²) in [5, 5.41) is -0.339. The lowest BCUT2D eigenvalue weighted by Crippen LogP contribution is -2.69. The standard InChI is InChI=1S/C11H17BrNO5PS2/c1-10(2)6(7(14)18-19(16-4)17-5)13-8(20)11(3,12)9(13)21(10)15/h6,9H,1-5H3/t6-,9+,11-,21?/m0/s1. The highest BCUT2D eigenvalue weighted by molar-refractivity contribution is 9.10. The summed E-state index contributed by atoms with van der Waals surface area (Å²) in [6.07, 6.45) is 0. The normalized spacial score (nSPS) is 37.4. The molecule has 0 radical (unpaired) electrons. The van der Waals surface area contributed by atoms with Crippen molar-refractivity contribution >= 4 is 58.5 Å². The fraction of sp³-hybridized carbons (Fsp3) is 0.818. The molecule has 2 fully saturated rings. The maximum Gasteiger partial charge on any atom is 0.398 e. The average Bonchev–Trinajstić information content (AvgIpc) is 2.62. The lowest BCUT2D eigenvalue weighted by Gasteiger charge is -2.50. The number of hydrogen-bond donors (Lipinski definition) is 0. The first-order chi connectivity index (χ1) is 9.60. The molecule has 0 aromatic heterocycles. The van der Waals surface area contributed by atoms with Crippen molar-refractivity contribution in [3.05, 3.63) is 0 Å². The minimum absolute atomic E-state index is 0.339. The molecule has 10 heteroatoms. The van der Waals surface area contributed by atoms with Crippen molar-refractivity contribution < 1.29 is 22.6 Å². The molecule has 1 unspecified atom stereocenters. The Hall–Kier alpha value is 0.340. The van der Waals surface area contributed by atoms with E-state index in [0.29, 0.717) is 4.99 Å². The fourth-order valence-corrected chi connectivity index (χ4v) is 6.51. The van der Waals surface area contributed by atoms with Crippen molar-refractivity contribution in [2.75, 3.05) is 14.2 Å². The fourth-order valence-electron chi connectivity index (χ4n) is 2.62. The van der Waals surface area contributed by atoms with Gasteiger partial charge in [-0.2, -0.15) is 0 Å². The van der Waals surface area contributed by atoms with Gasteiger partial charge in [0.25, 0.3) is 0 Å². The molecule has 0 aromatic carbocycles. The smallest absolute Gasteiger partial charge is 0.393 e. The van der Waals surface area contributed by atoms with Crippen molar-refractivity contribution in [1.82, 2.24) is 4.90 Å². The van der Waals surface area contributed by atoms with Crippen LogP contribution < -0.4 is 0 Å². The second-order valence-electron chi connectivity index (χ2n) is 5.44. The Bertz CT molecular complexity index is 511. The van der Waals surface area contributed by atoms with Crippen LogP contribution in [-0.2, 0) is 29.2 Å². The minimum Gasteiger partial charge on any atom is -0.393 e. The largest absolute Gasteiger partial charge is 0.398 e. The average molecular weight is 418 g/mol. The lowest BCUT2D eigenvalue weighted by molar-refractivity contribution is -0.140. The van der Waals surface area contributed by atoms with E-state index in [-0.39, 0.29) is 5.37 Å². The predicted octanol–water partition coefficient (Wildman–Crippen LogP) is 2.08. The van der Waals surface area contributed by atoms with Gasteiger partial charge in [0.15, 0.2) is 0 Å². The number of rotatable bonds is 4. The van der Waals surface area contributed by atoms with Gasteiger partial charge in [0, 0.05) is 14.2 Å². The van der Waals surface area contributed by atoms with Crippen LogP contribution >= 0.6 is 36.8 Å². The van der Waals surface area contributed by atoms with Gasteiger partial charge in [0.05, 0.1) is 20.5 Å². The first-order valence-corrected chi connectivity index (χ1v) is 9.64. The third-order valence-corrected chi connectivity index (χ3v) is 9.01. The summed E-state index contributed by atoms with van der Waals surface area (Å²) in [6, 6.07) is -0.711. The van der Waals surface area contributed by atoms with Crippen molar-refractivity contribution in [1.29, 1.82) is 0 Å². The molecule has 4 atom stereocenters. The Morgan fingerprint density at radius 1 is 1.38 bits per heavy atom. The van der Waals surface area contributed by atoms with Crippen molar-refractivity contribution in [3.8, 4) is 0 Å². The van der Waals surface area contributed by atoms with E-state index < -0.39 is 40.5 Å². The molecule has 2 saturated heterocycles. The van der Waals surface area contributed by atoms with E-state index >= 15 is 0 Å². The third kappa shape index (κ3) is 2.50. The SMILES string of the molecule is COP(OC)OC(=O)[C@@H]1N2C(=S)[C@](C)(Br)[C@H]2S(=O)C1(C)C. The minimum atomic E-state index is -1.74. The number of hydrogen-bond acceptors (Lipinski definition) is 6. The van der Waals surface area contributed by atoms with Gasteiger partial charge in [-0.25, -0.2) is 4.79 Å². The summed E-state index contributed by atoms with van der Waals surface area (Å²) in [4.78, 5) is 14.7. The van der Waals surface area contributed by atoms with E-state index in [1.165, 1.54) is 14.2 Å². The van der Waals surface area contributed by atoms with Gasteiger partial charge in [0.2, 0.25) is 0 Å². The van der Waals surface area contributed by atoms with Crippen molar-refractivity contribution in [3.63, 3.8) is 0 Å². The maximum atomic E-state index is 12.7. The molecule has 120 valence electrons. The number of alkyl halides is 1. The third-order valence-electron chi connectivity index (χ3n) is 3.71. The molecule has 21 heavy (non-hydrogen) atoms. The zero-order valence-corrected chi connectivity index (χ0v) is 16.4. The molecule has 0 spiro atoms. The highest BCUT2D eigenvalue weighted by Crippen LogP contribution is 2.53. The molecule has 2 aliphatic rings. The van der Waals surface area contributed by atoms with E-state index in [2.05, 4.69) is 15.9 Å². The van der Waals surface area contributed by atoms with E-state index in [0.717, 1.165) is 0 Å². The Balaban J connectivity index is 2.29. The number of fused-ring (bicyclic) bond motifs is 1. The van der Waals surface area contributed by atoms with E-state index in [1.807, 2.05) is 6.92 Å². The summed E-state index contributed by atoms with van der Waals surface area (Å²) >= 11 is 8.87. The van der Waals surface area contributed by atoms with Crippen LogP contribution in [0, 0.1) is 0 Å². The van der Waals surface area contributed by atoms with Crippen molar-refractivity contribution in [2.45, 2.75) is 41.3 Å². The zero-order valence-electron chi connectivity index (χ0n) is 12.3. The Morgan fingerprint density at radius 2 is 1.90 bits per heavy atom. The molecule has 0 saturated carbocycles.